The normalized spacial score (nSPS) is 19.5. The molecule has 36 heavy (non-hydrogen) atoms. The highest BCUT2D eigenvalue weighted by atomic mass is 19.4. The van der Waals surface area contributed by atoms with Crippen LogP contribution in [0.5, 0.6) is 11.6 Å². The van der Waals surface area contributed by atoms with Crippen molar-refractivity contribution >= 4 is 12.1 Å². The number of carbonyl (C=O) groups excluding carboxylic acids is 1. The van der Waals surface area contributed by atoms with Gasteiger partial charge in [0.25, 0.3) is 0 Å². The SMILES string of the molecule is O=C(N[C@@H]1C[C@H]1c1ccccc1)N1CCC(=Cc2cccc(Oc3ccc(C(F)(F)F)cn3)c2)CC1. The van der Waals surface area contributed by atoms with Crippen molar-refractivity contribution in [2.45, 2.75) is 37.4 Å². The first-order chi connectivity index (χ1) is 17.3. The number of halogens is 3. The van der Waals surface area contributed by atoms with Gasteiger partial charge >= 0.3 is 12.2 Å². The van der Waals surface area contributed by atoms with Gasteiger partial charge < -0.3 is 15.0 Å². The number of nitrogens with one attached hydrogen (secondary N) is 1. The van der Waals surface area contributed by atoms with E-state index in [4.69, 9.17) is 4.74 Å². The number of benzene rings is 2. The van der Waals surface area contributed by atoms with Crippen molar-refractivity contribution in [2.24, 2.45) is 0 Å². The molecule has 2 aliphatic rings. The highest BCUT2D eigenvalue weighted by molar-refractivity contribution is 5.75. The Morgan fingerprint density at radius 2 is 1.81 bits per heavy atom. The van der Waals surface area contributed by atoms with E-state index in [2.05, 4.69) is 28.5 Å². The van der Waals surface area contributed by atoms with Crippen LogP contribution in [0.25, 0.3) is 6.08 Å². The van der Waals surface area contributed by atoms with Crippen LogP contribution < -0.4 is 10.1 Å². The van der Waals surface area contributed by atoms with Crippen LogP contribution in [0.15, 0.2) is 78.5 Å². The Morgan fingerprint density at radius 1 is 1.03 bits per heavy atom. The lowest BCUT2D eigenvalue weighted by Crippen LogP contribution is -2.44. The van der Waals surface area contributed by atoms with Crippen LogP contribution in [0, 0.1) is 0 Å². The minimum Gasteiger partial charge on any atom is -0.439 e. The van der Waals surface area contributed by atoms with Crippen molar-refractivity contribution in [1.29, 1.82) is 0 Å². The first-order valence-electron chi connectivity index (χ1n) is 12.0. The lowest BCUT2D eigenvalue weighted by Gasteiger charge is -2.28. The number of hydrogen-bond acceptors (Lipinski definition) is 3. The molecule has 0 bridgehead atoms. The highest BCUT2D eigenvalue weighted by Crippen LogP contribution is 2.40. The van der Waals surface area contributed by atoms with Gasteiger partial charge in [-0.2, -0.15) is 13.2 Å². The molecule has 1 aliphatic heterocycles. The summed E-state index contributed by atoms with van der Waals surface area (Å²) >= 11 is 0. The third-order valence-electron chi connectivity index (χ3n) is 6.53. The van der Waals surface area contributed by atoms with Gasteiger partial charge in [-0.25, -0.2) is 9.78 Å². The topological polar surface area (TPSA) is 54.5 Å². The van der Waals surface area contributed by atoms with E-state index >= 15 is 0 Å². The zero-order valence-corrected chi connectivity index (χ0v) is 19.5. The summed E-state index contributed by atoms with van der Waals surface area (Å²) in [4.78, 5) is 18.3. The van der Waals surface area contributed by atoms with Gasteiger partial charge in [-0.15, -0.1) is 0 Å². The molecular formula is C28H26F3N3O2. The molecule has 1 saturated heterocycles. The van der Waals surface area contributed by atoms with Gasteiger partial charge in [-0.05, 0) is 48.6 Å². The molecule has 1 aromatic heterocycles. The Morgan fingerprint density at radius 3 is 2.50 bits per heavy atom. The van der Waals surface area contributed by atoms with Crippen LogP contribution in [-0.2, 0) is 6.18 Å². The van der Waals surface area contributed by atoms with Crippen molar-refractivity contribution < 1.29 is 22.7 Å². The number of rotatable bonds is 5. The third kappa shape index (κ3) is 5.87. The number of alkyl halides is 3. The Balaban J connectivity index is 1.13. The monoisotopic (exact) mass is 493 g/mol. The zero-order valence-electron chi connectivity index (χ0n) is 19.5. The Labute approximate surface area is 207 Å². The summed E-state index contributed by atoms with van der Waals surface area (Å²) in [6.45, 7) is 1.32. The van der Waals surface area contributed by atoms with Gasteiger partial charge in [-0.3, -0.25) is 0 Å². The number of piperidine rings is 1. The van der Waals surface area contributed by atoms with E-state index in [0.717, 1.165) is 37.1 Å². The number of likely N-dealkylation sites (tertiary alicyclic amines) is 1. The molecule has 2 aromatic carbocycles. The molecule has 2 heterocycles. The maximum absolute atomic E-state index is 12.7. The Kier molecular flexibility index (Phi) is 6.67. The predicted molar refractivity (Wildman–Crippen MR) is 131 cm³/mol. The van der Waals surface area contributed by atoms with Crippen LogP contribution in [0.4, 0.5) is 18.0 Å². The number of urea groups is 1. The number of ether oxygens (including phenoxy) is 1. The second-order valence-electron chi connectivity index (χ2n) is 9.16. The average Bonchev–Trinajstić information content (AvgIpc) is 3.64. The van der Waals surface area contributed by atoms with Crippen LogP contribution in [0.1, 0.15) is 41.9 Å². The molecule has 0 unspecified atom stereocenters. The van der Waals surface area contributed by atoms with Crippen molar-refractivity contribution in [3.05, 3.63) is 95.2 Å². The lowest BCUT2D eigenvalue weighted by atomic mass is 10.0. The van der Waals surface area contributed by atoms with E-state index in [0.29, 0.717) is 24.8 Å². The van der Waals surface area contributed by atoms with E-state index in [1.54, 1.807) is 6.07 Å². The molecule has 1 saturated carbocycles. The lowest BCUT2D eigenvalue weighted by molar-refractivity contribution is -0.137. The Bertz CT molecular complexity index is 1230. The van der Waals surface area contributed by atoms with Gasteiger partial charge in [0.05, 0.1) is 5.56 Å². The Hall–Kier alpha value is -3.81. The first kappa shape index (κ1) is 23.9. The number of hydrogen-bond donors (Lipinski definition) is 1. The largest absolute Gasteiger partial charge is 0.439 e. The highest BCUT2D eigenvalue weighted by Gasteiger charge is 2.40. The predicted octanol–water partition coefficient (Wildman–Crippen LogP) is 6.64. The van der Waals surface area contributed by atoms with Gasteiger partial charge in [0.1, 0.15) is 5.75 Å². The molecule has 5 nitrogen and oxygen atoms in total. The summed E-state index contributed by atoms with van der Waals surface area (Å²) in [6, 6.07) is 19.9. The molecule has 1 N–H and O–H groups in total. The van der Waals surface area contributed by atoms with E-state index in [-0.39, 0.29) is 18.0 Å². The molecule has 5 rings (SSSR count). The third-order valence-corrected chi connectivity index (χ3v) is 6.53. The van der Waals surface area contributed by atoms with E-state index in [9.17, 15) is 18.0 Å². The first-order valence-corrected chi connectivity index (χ1v) is 12.0. The summed E-state index contributed by atoms with van der Waals surface area (Å²) in [6.07, 6.45) is 0.952. The minimum absolute atomic E-state index is 0.00285. The zero-order chi connectivity index (χ0) is 25.1. The number of aromatic nitrogens is 1. The molecular weight excluding hydrogens is 467 g/mol. The van der Waals surface area contributed by atoms with E-state index in [1.165, 1.54) is 17.2 Å². The number of carbonyl (C=O) groups is 1. The smallest absolute Gasteiger partial charge is 0.417 e. The second-order valence-corrected chi connectivity index (χ2v) is 9.16. The fourth-order valence-electron chi connectivity index (χ4n) is 4.45. The number of nitrogens with zero attached hydrogens (tertiary/aromatic N) is 2. The van der Waals surface area contributed by atoms with Crippen LogP contribution >= 0.6 is 0 Å². The van der Waals surface area contributed by atoms with Gasteiger partial charge in [0, 0.05) is 37.3 Å². The van der Waals surface area contributed by atoms with Crippen LogP contribution in [0.3, 0.4) is 0 Å². The summed E-state index contributed by atoms with van der Waals surface area (Å²) < 4.78 is 43.8. The number of amides is 2. The van der Waals surface area contributed by atoms with Crippen molar-refractivity contribution in [1.82, 2.24) is 15.2 Å². The standard InChI is InChI=1S/C28H26F3N3O2/c29-28(30,31)22-9-10-26(32-18-22)36-23-8-4-5-20(16-23)15-19-11-13-34(14-12-19)27(35)33-25-17-24(25)21-6-2-1-3-7-21/h1-10,15-16,18,24-25H,11-14,17H2,(H,33,35)/t24-,25+/m0/s1. The fourth-order valence-corrected chi connectivity index (χ4v) is 4.45. The molecule has 8 heteroatoms. The molecule has 2 atom stereocenters. The van der Waals surface area contributed by atoms with Crippen LogP contribution in [-0.4, -0.2) is 35.0 Å². The summed E-state index contributed by atoms with van der Waals surface area (Å²) in [5.74, 6) is 0.991. The van der Waals surface area contributed by atoms with Gasteiger partial charge in [0.15, 0.2) is 0 Å². The van der Waals surface area contributed by atoms with Crippen molar-refractivity contribution in [3.63, 3.8) is 0 Å². The van der Waals surface area contributed by atoms with Crippen LogP contribution in [0.2, 0.25) is 0 Å². The van der Waals surface area contributed by atoms with Crippen molar-refractivity contribution in [3.8, 4) is 11.6 Å². The number of pyridine rings is 1. The molecule has 1 aliphatic carbocycles. The summed E-state index contributed by atoms with van der Waals surface area (Å²) in [5.41, 5.74) is 2.61. The second kappa shape index (κ2) is 10.0. The van der Waals surface area contributed by atoms with E-state index < -0.39 is 11.7 Å². The summed E-state index contributed by atoms with van der Waals surface area (Å²) in [7, 11) is 0. The molecule has 2 fully saturated rings. The molecule has 186 valence electrons. The van der Waals surface area contributed by atoms with E-state index in [1.807, 2.05) is 41.3 Å². The molecule has 0 radical (unpaired) electrons. The molecule has 0 spiro atoms. The molecule has 2 amide bonds. The van der Waals surface area contributed by atoms with Gasteiger partial charge in [-0.1, -0.05) is 54.1 Å². The maximum Gasteiger partial charge on any atom is 0.417 e. The molecule has 3 aromatic rings. The maximum atomic E-state index is 12.7. The quantitative estimate of drug-likeness (QED) is 0.434. The summed E-state index contributed by atoms with van der Waals surface area (Å²) in [5, 5.41) is 3.16. The van der Waals surface area contributed by atoms with Crippen molar-refractivity contribution in [2.75, 3.05) is 13.1 Å². The minimum atomic E-state index is -4.43. The average molecular weight is 494 g/mol. The van der Waals surface area contributed by atoms with Gasteiger partial charge in [0.2, 0.25) is 5.88 Å². The fraction of sp³-hybridized carbons (Fsp3) is 0.286.